The first-order chi connectivity index (χ1) is 11.4. The Kier molecular flexibility index (Phi) is 6.38. The van der Waals surface area contributed by atoms with Crippen LogP contribution in [0.1, 0.15) is 23.1 Å². The number of aliphatic carboxylic acids is 1. The van der Waals surface area contributed by atoms with Gasteiger partial charge in [0.15, 0.2) is 0 Å². The van der Waals surface area contributed by atoms with Crippen molar-refractivity contribution >= 4 is 23.5 Å². The molecule has 2 aromatic rings. The van der Waals surface area contributed by atoms with Crippen LogP contribution in [0.15, 0.2) is 48.5 Å². The van der Waals surface area contributed by atoms with Crippen molar-refractivity contribution in [2.24, 2.45) is 0 Å². The second-order valence-corrected chi connectivity index (χ2v) is 6.24. The number of aryl methyl sites for hydroxylation is 1. The fraction of sp³-hybridized carbons (Fsp3) is 0.263. The van der Waals surface area contributed by atoms with Gasteiger partial charge in [-0.15, -0.1) is 0 Å². The van der Waals surface area contributed by atoms with Crippen LogP contribution in [0.4, 0.5) is 0 Å². The fourth-order valence-corrected chi connectivity index (χ4v) is 2.81. The molecule has 2 N–H and O–H groups in total. The van der Waals surface area contributed by atoms with Gasteiger partial charge in [-0.05, 0) is 42.2 Å². The molecule has 0 spiro atoms. The molecule has 0 aliphatic rings. The van der Waals surface area contributed by atoms with Crippen LogP contribution in [0.3, 0.4) is 0 Å². The quantitative estimate of drug-likeness (QED) is 0.808. The van der Waals surface area contributed by atoms with Crippen molar-refractivity contribution in [1.82, 2.24) is 5.32 Å². The molecule has 2 aromatic carbocycles. The summed E-state index contributed by atoms with van der Waals surface area (Å²) in [6.45, 7) is 1.95. The van der Waals surface area contributed by atoms with Gasteiger partial charge >= 0.3 is 5.97 Å². The van der Waals surface area contributed by atoms with Gasteiger partial charge in [0.25, 0.3) is 0 Å². The largest absolute Gasteiger partial charge is 0.481 e. The molecule has 4 nitrogen and oxygen atoms in total. The van der Waals surface area contributed by atoms with Crippen LogP contribution in [0.25, 0.3) is 0 Å². The van der Waals surface area contributed by atoms with Crippen molar-refractivity contribution in [1.29, 1.82) is 0 Å². The van der Waals surface area contributed by atoms with Crippen molar-refractivity contribution < 1.29 is 14.7 Å². The molecular formula is C19H20ClNO3. The van der Waals surface area contributed by atoms with Crippen LogP contribution >= 0.6 is 11.6 Å². The zero-order chi connectivity index (χ0) is 17.5. The molecule has 5 heteroatoms. The van der Waals surface area contributed by atoms with Gasteiger partial charge < -0.3 is 10.4 Å². The lowest BCUT2D eigenvalue weighted by Gasteiger charge is -2.18. The maximum Gasteiger partial charge on any atom is 0.305 e. The summed E-state index contributed by atoms with van der Waals surface area (Å²) in [7, 11) is 0. The first-order valence-corrected chi connectivity index (χ1v) is 8.12. The Balaban J connectivity index is 2.03. The topological polar surface area (TPSA) is 66.4 Å². The van der Waals surface area contributed by atoms with E-state index in [1.54, 1.807) is 12.1 Å². The van der Waals surface area contributed by atoms with E-state index in [1.165, 1.54) is 0 Å². The second-order valence-electron chi connectivity index (χ2n) is 5.80. The second kappa shape index (κ2) is 8.50. The van der Waals surface area contributed by atoms with Crippen LogP contribution in [0.2, 0.25) is 5.02 Å². The predicted molar refractivity (Wildman–Crippen MR) is 94.2 cm³/mol. The summed E-state index contributed by atoms with van der Waals surface area (Å²) in [5.74, 6) is -1.13. The van der Waals surface area contributed by atoms with Gasteiger partial charge in [0.05, 0.1) is 12.8 Å². The molecule has 0 bridgehead atoms. The summed E-state index contributed by atoms with van der Waals surface area (Å²) in [5, 5.41) is 12.5. The number of carbonyl (C=O) groups excluding carboxylic acids is 1. The standard InChI is InChI=1S/C19H20ClNO3/c1-13-5-2-3-7-15(13)11-18(22)21-17(12-19(23)24)10-14-6-4-8-16(20)9-14/h2-9,17H,10-12H2,1H3,(H,21,22)(H,23,24). The number of hydrogen-bond acceptors (Lipinski definition) is 2. The van der Waals surface area contributed by atoms with Gasteiger partial charge in [0.2, 0.25) is 5.91 Å². The molecule has 0 heterocycles. The Hall–Kier alpha value is -2.33. The third-order valence-electron chi connectivity index (χ3n) is 3.77. The Morgan fingerprint density at radius 2 is 1.92 bits per heavy atom. The molecule has 0 radical (unpaired) electrons. The minimum atomic E-state index is -0.946. The summed E-state index contributed by atoms with van der Waals surface area (Å²) in [4.78, 5) is 23.4. The van der Waals surface area contributed by atoms with Gasteiger partial charge in [0.1, 0.15) is 0 Å². The maximum absolute atomic E-state index is 12.3. The fourth-order valence-electron chi connectivity index (χ4n) is 2.59. The highest BCUT2D eigenvalue weighted by Crippen LogP contribution is 2.14. The average molecular weight is 346 g/mol. The number of benzene rings is 2. The third kappa shape index (κ3) is 5.70. The minimum Gasteiger partial charge on any atom is -0.481 e. The summed E-state index contributed by atoms with van der Waals surface area (Å²) in [5.41, 5.74) is 2.87. The SMILES string of the molecule is Cc1ccccc1CC(=O)NC(CC(=O)O)Cc1cccc(Cl)c1. The number of hydrogen-bond donors (Lipinski definition) is 2. The molecule has 0 aromatic heterocycles. The van der Waals surface area contributed by atoms with Gasteiger partial charge in [-0.25, -0.2) is 0 Å². The van der Waals surface area contributed by atoms with Crippen LogP contribution in [-0.4, -0.2) is 23.0 Å². The van der Waals surface area contributed by atoms with Gasteiger partial charge in [-0.2, -0.15) is 0 Å². The molecule has 0 aliphatic carbocycles. The van der Waals surface area contributed by atoms with E-state index < -0.39 is 12.0 Å². The number of carboxylic acid groups (broad SMARTS) is 1. The third-order valence-corrected chi connectivity index (χ3v) is 4.00. The molecule has 24 heavy (non-hydrogen) atoms. The molecule has 1 unspecified atom stereocenters. The molecule has 0 fully saturated rings. The van der Waals surface area contributed by atoms with E-state index in [9.17, 15) is 9.59 Å². The summed E-state index contributed by atoms with van der Waals surface area (Å²) < 4.78 is 0. The molecule has 0 aliphatic heterocycles. The Bertz CT molecular complexity index is 730. The lowest BCUT2D eigenvalue weighted by molar-refractivity contribution is -0.137. The Labute approximate surface area is 146 Å². The molecule has 2 rings (SSSR count). The van der Waals surface area contributed by atoms with Crippen LogP contribution in [0, 0.1) is 6.92 Å². The van der Waals surface area contributed by atoms with Crippen molar-refractivity contribution in [2.75, 3.05) is 0 Å². The summed E-state index contributed by atoms with van der Waals surface area (Å²) >= 11 is 5.96. The highest BCUT2D eigenvalue weighted by molar-refractivity contribution is 6.30. The summed E-state index contributed by atoms with van der Waals surface area (Å²) in [6, 6.07) is 14.4. The van der Waals surface area contributed by atoms with E-state index >= 15 is 0 Å². The number of amides is 1. The maximum atomic E-state index is 12.3. The zero-order valence-electron chi connectivity index (χ0n) is 13.5. The van der Waals surface area contributed by atoms with E-state index in [-0.39, 0.29) is 18.7 Å². The van der Waals surface area contributed by atoms with Gasteiger partial charge in [-0.1, -0.05) is 48.0 Å². The first kappa shape index (κ1) is 18.0. The number of carbonyl (C=O) groups is 2. The van der Waals surface area contributed by atoms with Crippen molar-refractivity contribution in [3.63, 3.8) is 0 Å². The zero-order valence-corrected chi connectivity index (χ0v) is 14.2. The van der Waals surface area contributed by atoms with E-state index in [0.29, 0.717) is 11.4 Å². The predicted octanol–water partition coefficient (Wildman–Crippen LogP) is 3.39. The molecular weight excluding hydrogens is 326 g/mol. The molecule has 0 saturated heterocycles. The lowest BCUT2D eigenvalue weighted by atomic mass is 10.0. The molecule has 126 valence electrons. The van der Waals surface area contributed by atoms with E-state index in [4.69, 9.17) is 16.7 Å². The minimum absolute atomic E-state index is 0.133. The van der Waals surface area contributed by atoms with Crippen LogP contribution < -0.4 is 5.32 Å². The number of halogens is 1. The molecule has 0 saturated carbocycles. The number of nitrogens with one attached hydrogen (secondary N) is 1. The monoisotopic (exact) mass is 345 g/mol. The summed E-state index contributed by atoms with van der Waals surface area (Å²) in [6.07, 6.45) is 0.525. The number of carboxylic acids is 1. The van der Waals surface area contributed by atoms with Crippen molar-refractivity contribution in [3.8, 4) is 0 Å². The number of rotatable bonds is 7. The Morgan fingerprint density at radius 1 is 1.17 bits per heavy atom. The average Bonchev–Trinajstić information content (AvgIpc) is 2.49. The van der Waals surface area contributed by atoms with E-state index in [2.05, 4.69) is 5.32 Å². The van der Waals surface area contributed by atoms with Crippen molar-refractivity contribution in [2.45, 2.75) is 32.2 Å². The molecule has 1 amide bonds. The Morgan fingerprint density at radius 3 is 2.58 bits per heavy atom. The highest BCUT2D eigenvalue weighted by atomic mass is 35.5. The van der Waals surface area contributed by atoms with Gasteiger partial charge in [-0.3, -0.25) is 9.59 Å². The van der Waals surface area contributed by atoms with Crippen LogP contribution in [0.5, 0.6) is 0 Å². The van der Waals surface area contributed by atoms with E-state index in [0.717, 1.165) is 16.7 Å². The molecule has 1 atom stereocenters. The first-order valence-electron chi connectivity index (χ1n) is 7.74. The normalized spacial score (nSPS) is 11.8. The lowest BCUT2D eigenvalue weighted by Crippen LogP contribution is -2.39. The smallest absolute Gasteiger partial charge is 0.305 e. The highest BCUT2D eigenvalue weighted by Gasteiger charge is 2.17. The van der Waals surface area contributed by atoms with Gasteiger partial charge in [0, 0.05) is 11.1 Å². The van der Waals surface area contributed by atoms with Crippen molar-refractivity contribution in [3.05, 3.63) is 70.2 Å². The van der Waals surface area contributed by atoms with E-state index in [1.807, 2.05) is 43.3 Å². The van der Waals surface area contributed by atoms with Crippen LogP contribution in [-0.2, 0) is 22.4 Å².